The summed E-state index contributed by atoms with van der Waals surface area (Å²) >= 11 is 3.44. The molecule has 1 aliphatic rings. The van der Waals surface area contributed by atoms with E-state index in [9.17, 15) is 0 Å². The van der Waals surface area contributed by atoms with Crippen LogP contribution in [0.3, 0.4) is 0 Å². The van der Waals surface area contributed by atoms with Crippen molar-refractivity contribution >= 4 is 15.9 Å². The zero-order valence-electron chi connectivity index (χ0n) is 7.98. The van der Waals surface area contributed by atoms with Crippen molar-refractivity contribution in [2.45, 2.75) is 25.0 Å². The zero-order valence-corrected chi connectivity index (χ0v) is 9.57. The molecule has 0 amide bonds. The Morgan fingerprint density at radius 3 is 3.00 bits per heavy atom. The molecule has 1 aromatic heterocycles. The molecule has 2 atom stereocenters. The Hall–Kier alpha value is -0.390. The maximum atomic E-state index is 8.96. The number of hydrogen-bond donors (Lipinski definition) is 1. The molecule has 1 N–H and O–H groups in total. The molecular formula is C9H13BrN2O2. The van der Waals surface area contributed by atoms with Crippen molar-refractivity contribution in [3.05, 3.63) is 16.4 Å². The van der Waals surface area contributed by atoms with Crippen LogP contribution < -0.4 is 0 Å². The van der Waals surface area contributed by atoms with Crippen LogP contribution in [0.5, 0.6) is 0 Å². The summed E-state index contributed by atoms with van der Waals surface area (Å²) in [5.74, 6) is 0. The number of aliphatic hydroxyl groups is 1. The fourth-order valence-corrected chi connectivity index (χ4v) is 2.43. The fraction of sp³-hybridized carbons (Fsp3) is 0.667. The van der Waals surface area contributed by atoms with Crippen molar-refractivity contribution in [3.8, 4) is 0 Å². The Balaban J connectivity index is 2.17. The highest BCUT2D eigenvalue weighted by molar-refractivity contribution is 9.10. The minimum Gasteiger partial charge on any atom is -0.394 e. The lowest BCUT2D eigenvalue weighted by Gasteiger charge is -2.12. The van der Waals surface area contributed by atoms with Crippen molar-refractivity contribution in [2.24, 2.45) is 7.05 Å². The number of aromatic nitrogens is 2. The van der Waals surface area contributed by atoms with Crippen LogP contribution in [0.2, 0.25) is 0 Å². The van der Waals surface area contributed by atoms with Gasteiger partial charge in [-0.05, 0) is 28.8 Å². The molecule has 0 radical (unpaired) electrons. The average Bonchev–Trinajstić information content (AvgIpc) is 2.73. The summed E-state index contributed by atoms with van der Waals surface area (Å²) in [5.41, 5.74) is 1.06. The summed E-state index contributed by atoms with van der Waals surface area (Å²) in [6, 6.07) is 0. The van der Waals surface area contributed by atoms with E-state index in [-0.39, 0.29) is 18.8 Å². The molecule has 1 fully saturated rings. The Labute approximate surface area is 91.0 Å². The van der Waals surface area contributed by atoms with E-state index in [1.165, 1.54) is 0 Å². The molecule has 2 heterocycles. The van der Waals surface area contributed by atoms with E-state index in [0.717, 1.165) is 23.0 Å². The smallest absolute Gasteiger partial charge is 0.101 e. The van der Waals surface area contributed by atoms with Crippen LogP contribution in [0.1, 0.15) is 24.6 Å². The zero-order chi connectivity index (χ0) is 10.1. The molecule has 2 unspecified atom stereocenters. The minimum atomic E-state index is -0.0122. The summed E-state index contributed by atoms with van der Waals surface area (Å²) < 4.78 is 8.47. The van der Waals surface area contributed by atoms with Gasteiger partial charge >= 0.3 is 0 Å². The molecule has 0 saturated carbocycles. The normalized spacial score (nSPS) is 27.1. The summed E-state index contributed by atoms with van der Waals surface area (Å²) in [6.07, 6.45) is 3.68. The maximum absolute atomic E-state index is 8.96. The van der Waals surface area contributed by atoms with Crippen molar-refractivity contribution in [3.63, 3.8) is 0 Å². The molecule has 78 valence electrons. The Bertz CT molecular complexity index is 307. The van der Waals surface area contributed by atoms with Crippen molar-refractivity contribution in [1.29, 1.82) is 0 Å². The van der Waals surface area contributed by atoms with Crippen LogP contribution in [0, 0.1) is 0 Å². The van der Waals surface area contributed by atoms with Crippen molar-refractivity contribution < 1.29 is 9.84 Å². The first-order chi connectivity index (χ1) is 6.72. The third-order valence-electron chi connectivity index (χ3n) is 2.55. The first-order valence-corrected chi connectivity index (χ1v) is 5.45. The van der Waals surface area contributed by atoms with Gasteiger partial charge < -0.3 is 9.84 Å². The molecule has 1 aliphatic heterocycles. The van der Waals surface area contributed by atoms with E-state index in [0.29, 0.717) is 0 Å². The Kier molecular flexibility index (Phi) is 2.90. The molecule has 0 aromatic carbocycles. The van der Waals surface area contributed by atoms with E-state index < -0.39 is 0 Å². The molecule has 1 saturated heterocycles. The van der Waals surface area contributed by atoms with Gasteiger partial charge in [0.2, 0.25) is 0 Å². The van der Waals surface area contributed by atoms with Crippen molar-refractivity contribution in [2.75, 3.05) is 6.61 Å². The van der Waals surface area contributed by atoms with Gasteiger partial charge in [0.05, 0.1) is 29.1 Å². The number of ether oxygens (including phenoxy) is 1. The number of aryl methyl sites for hydroxylation is 1. The maximum Gasteiger partial charge on any atom is 0.101 e. The van der Waals surface area contributed by atoms with Crippen LogP contribution in [-0.4, -0.2) is 27.6 Å². The topological polar surface area (TPSA) is 47.3 Å². The van der Waals surface area contributed by atoms with E-state index in [1.54, 1.807) is 6.20 Å². The van der Waals surface area contributed by atoms with Gasteiger partial charge in [-0.3, -0.25) is 4.68 Å². The summed E-state index contributed by atoms with van der Waals surface area (Å²) in [6.45, 7) is 0.103. The van der Waals surface area contributed by atoms with Gasteiger partial charge in [0, 0.05) is 7.05 Å². The highest BCUT2D eigenvalue weighted by Gasteiger charge is 2.29. The molecule has 1 aromatic rings. The lowest BCUT2D eigenvalue weighted by Crippen LogP contribution is -2.12. The summed E-state index contributed by atoms with van der Waals surface area (Å²) in [4.78, 5) is 0. The summed E-state index contributed by atoms with van der Waals surface area (Å²) in [7, 11) is 1.90. The van der Waals surface area contributed by atoms with Crippen LogP contribution in [0.25, 0.3) is 0 Å². The molecule has 4 nitrogen and oxygen atoms in total. The van der Waals surface area contributed by atoms with E-state index in [1.807, 2.05) is 11.7 Å². The van der Waals surface area contributed by atoms with Crippen LogP contribution in [0.4, 0.5) is 0 Å². The van der Waals surface area contributed by atoms with E-state index in [4.69, 9.17) is 9.84 Å². The highest BCUT2D eigenvalue weighted by Crippen LogP contribution is 2.35. The second kappa shape index (κ2) is 4.00. The molecule has 0 spiro atoms. The van der Waals surface area contributed by atoms with E-state index >= 15 is 0 Å². The average molecular weight is 261 g/mol. The third-order valence-corrected chi connectivity index (χ3v) is 3.16. The molecule has 14 heavy (non-hydrogen) atoms. The van der Waals surface area contributed by atoms with Gasteiger partial charge in [-0.25, -0.2) is 0 Å². The lowest BCUT2D eigenvalue weighted by atomic mass is 10.1. The van der Waals surface area contributed by atoms with Gasteiger partial charge in [0.25, 0.3) is 0 Å². The lowest BCUT2D eigenvalue weighted by molar-refractivity contribution is 0.00744. The van der Waals surface area contributed by atoms with Gasteiger partial charge in [-0.1, -0.05) is 0 Å². The fourth-order valence-electron chi connectivity index (χ4n) is 1.82. The largest absolute Gasteiger partial charge is 0.394 e. The van der Waals surface area contributed by atoms with Gasteiger partial charge in [-0.2, -0.15) is 5.10 Å². The molecule has 0 aliphatic carbocycles. The molecule has 0 bridgehead atoms. The highest BCUT2D eigenvalue weighted by atomic mass is 79.9. The predicted octanol–water partition coefficient (Wildman–Crippen LogP) is 1.39. The minimum absolute atomic E-state index is 0.0122. The monoisotopic (exact) mass is 260 g/mol. The SMILES string of the molecule is Cn1ncc(Br)c1C1CCC(CO)O1. The Morgan fingerprint density at radius 1 is 1.71 bits per heavy atom. The standard InChI is InChI=1S/C9H13BrN2O2/c1-12-9(7(10)4-11-12)8-3-2-6(5-13)14-8/h4,6,8,13H,2-3,5H2,1H3. The summed E-state index contributed by atoms with van der Waals surface area (Å²) in [5, 5.41) is 13.1. The first kappa shape index (κ1) is 10.1. The van der Waals surface area contributed by atoms with E-state index in [2.05, 4.69) is 21.0 Å². The van der Waals surface area contributed by atoms with Crippen LogP contribution in [-0.2, 0) is 11.8 Å². The third kappa shape index (κ3) is 1.71. The predicted molar refractivity (Wildman–Crippen MR) is 54.8 cm³/mol. The van der Waals surface area contributed by atoms with Gasteiger partial charge in [0.1, 0.15) is 6.10 Å². The molecule has 2 rings (SSSR count). The van der Waals surface area contributed by atoms with Gasteiger partial charge in [-0.15, -0.1) is 0 Å². The number of aliphatic hydroxyl groups excluding tert-OH is 1. The second-order valence-electron chi connectivity index (χ2n) is 3.51. The van der Waals surface area contributed by atoms with Crippen LogP contribution in [0.15, 0.2) is 10.7 Å². The number of hydrogen-bond acceptors (Lipinski definition) is 3. The number of halogens is 1. The van der Waals surface area contributed by atoms with Gasteiger partial charge in [0.15, 0.2) is 0 Å². The second-order valence-corrected chi connectivity index (χ2v) is 4.36. The van der Waals surface area contributed by atoms with Crippen molar-refractivity contribution in [1.82, 2.24) is 9.78 Å². The first-order valence-electron chi connectivity index (χ1n) is 4.66. The molecular weight excluding hydrogens is 248 g/mol. The number of nitrogens with zero attached hydrogens (tertiary/aromatic N) is 2. The number of rotatable bonds is 2. The van der Waals surface area contributed by atoms with Crippen LogP contribution >= 0.6 is 15.9 Å². The Morgan fingerprint density at radius 2 is 2.50 bits per heavy atom. The quantitative estimate of drug-likeness (QED) is 0.875. The molecule has 5 heteroatoms.